The van der Waals surface area contributed by atoms with Crippen molar-refractivity contribution in [2.75, 3.05) is 12.9 Å². The molecule has 0 radical (unpaired) electrons. The fourth-order valence-corrected chi connectivity index (χ4v) is 3.60. The predicted molar refractivity (Wildman–Crippen MR) is 109 cm³/mol. The maximum atomic E-state index is 11.1. The van der Waals surface area contributed by atoms with E-state index in [1.807, 2.05) is 0 Å². The first-order valence-corrected chi connectivity index (χ1v) is 11.4. The number of aryl methyl sites for hydroxylation is 1. The average Bonchev–Trinajstić information content (AvgIpc) is 3.11. The summed E-state index contributed by atoms with van der Waals surface area (Å²) in [5.74, 6) is 0.922. The molecule has 1 heterocycles. The first kappa shape index (κ1) is 23.0. The Morgan fingerprint density at radius 3 is 2.00 bits per heavy atom. The van der Waals surface area contributed by atoms with Gasteiger partial charge in [0, 0.05) is 6.42 Å². The van der Waals surface area contributed by atoms with Crippen molar-refractivity contribution in [2.45, 2.75) is 102 Å². The summed E-state index contributed by atoms with van der Waals surface area (Å²) in [6, 6.07) is 0. The predicted octanol–water partition coefficient (Wildman–Crippen LogP) is 5.70. The van der Waals surface area contributed by atoms with Crippen LogP contribution in [0.1, 0.15) is 96.2 Å². The Labute approximate surface area is 163 Å². The molecule has 150 valence electrons. The quantitative estimate of drug-likeness (QED) is 0.212. The first-order chi connectivity index (χ1) is 12.8. The van der Waals surface area contributed by atoms with Gasteiger partial charge in [-0.05, 0) is 6.42 Å². The molecule has 0 fully saturated rings. The second-order valence-corrected chi connectivity index (χ2v) is 7.86. The number of rotatable bonds is 17. The van der Waals surface area contributed by atoms with E-state index in [4.69, 9.17) is 0 Å². The lowest BCUT2D eigenvalue weighted by molar-refractivity contribution is -0.137. The molecular formula is C20H37N3O2S. The van der Waals surface area contributed by atoms with Crippen LogP contribution in [-0.4, -0.2) is 34.0 Å². The minimum atomic E-state index is -0.252. The Morgan fingerprint density at radius 1 is 0.923 bits per heavy atom. The van der Waals surface area contributed by atoms with Crippen LogP contribution < -0.4 is 0 Å². The van der Waals surface area contributed by atoms with Crippen LogP contribution in [0.3, 0.4) is 0 Å². The molecule has 1 aromatic heterocycles. The third-order valence-electron chi connectivity index (χ3n) is 4.58. The van der Waals surface area contributed by atoms with Crippen molar-refractivity contribution in [2.24, 2.45) is 0 Å². The zero-order chi connectivity index (χ0) is 18.9. The molecule has 26 heavy (non-hydrogen) atoms. The summed E-state index contributed by atoms with van der Waals surface area (Å²) in [5.41, 5.74) is 0. The van der Waals surface area contributed by atoms with Gasteiger partial charge in [0.1, 0.15) is 5.82 Å². The van der Waals surface area contributed by atoms with Crippen molar-refractivity contribution in [3.63, 3.8) is 0 Å². The Morgan fingerprint density at radius 2 is 1.46 bits per heavy atom. The number of nitrogens with zero attached hydrogens (tertiary/aromatic N) is 2. The number of thioether (sulfide) groups is 1. The maximum Gasteiger partial charge on any atom is 0.316 e. The van der Waals surface area contributed by atoms with Crippen LogP contribution in [0.4, 0.5) is 0 Å². The van der Waals surface area contributed by atoms with E-state index >= 15 is 0 Å². The number of carbonyl (C=O) groups excluding carboxylic acids is 1. The molecule has 0 unspecified atom stereocenters. The third-order valence-corrected chi connectivity index (χ3v) is 5.40. The Hall–Kier alpha value is -1.04. The molecule has 1 aromatic rings. The summed E-state index contributed by atoms with van der Waals surface area (Å²) in [4.78, 5) is 15.5. The number of H-pyrrole nitrogens is 1. The highest BCUT2D eigenvalue weighted by atomic mass is 32.2. The monoisotopic (exact) mass is 383 g/mol. The molecule has 0 aliphatic carbocycles. The molecule has 0 aliphatic rings. The fraction of sp³-hybridized carbons (Fsp3) is 0.850. The molecule has 0 atom stereocenters. The molecule has 0 aliphatic heterocycles. The second kappa shape index (κ2) is 16.2. The second-order valence-electron chi connectivity index (χ2n) is 6.92. The smallest absolute Gasteiger partial charge is 0.316 e. The Balaban J connectivity index is 1.89. The first-order valence-electron chi connectivity index (χ1n) is 10.4. The molecule has 0 saturated carbocycles. The molecule has 1 rings (SSSR count). The highest BCUT2D eigenvalue weighted by Gasteiger charge is 2.07. The summed E-state index contributed by atoms with van der Waals surface area (Å²) in [6.07, 6.45) is 18.6. The number of aromatic nitrogens is 3. The Bertz CT molecular complexity index is 466. The Kier molecular flexibility index (Phi) is 14.3. The lowest BCUT2D eigenvalue weighted by Crippen LogP contribution is -2.03. The number of aromatic amines is 1. The van der Waals surface area contributed by atoms with E-state index < -0.39 is 0 Å². The molecule has 0 amide bonds. The third kappa shape index (κ3) is 12.3. The number of methoxy groups -OCH3 is 1. The number of ether oxygens (including phenoxy) is 1. The van der Waals surface area contributed by atoms with Gasteiger partial charge in [-0.3, -0.25) is 9.89 Å². The van der Waals surface area contributed by atoms with E-state index in [1.54, 1.807) is 0 Å². The van der Waals surface area contributed by atoms with E-state index in [0.717, 1.165) is 18.7 Å². The van der Waals surface area contributed by atoms with Gasteiger partial charge in [-0.25, -0.2) is 4.98 Å². The molecule has 5 nitrogen and oxygen atoms in total. The normalized spacial score (nSPS) is 11.0. The van der Waals surface area contributed by atoms with Crippen molar-refractivity contribution in [3.8, 4) is 0 Å². The van der Waals surface area contributed by atoms with Gasteiger partial charge in [-0.2, -0.15) is 0 Å². The van der Waals surface area contributed by atoms with Crippen molar-refractivity contribution in [1.29, 1.82) is 0 Å². The van der Waals surface area contributed by atoms with E-state index in [1.165, 1.54) is 95.9 Å². The van der Waals surface area contributed by atoms with Crippen LogP contribution >= 0.6 is 11.8 Å². The minimum absolute atomic E-state index is 0.252. The maximum absolute atomic E-state index is 11.1. The van der Waals surface area contributed by atoms with Gasteiger partial charge < -0.3 is 4.74 Å². The molecular weight excluding hydrogens is 346 g/mol. The zero-order valence-electron chi connectivity index (χ0n) is 16.7. The molecule has 1 N–H and O–H groups in total. The lowest BCUT2D eigenvalue weighted by atomic mass is 10.0. The summed E-state index contributed by atoms with van der Waals surface area (Å²) in [7, 11) is 1.39. The number of nitrogens with one attached hydrogen (secondary N) is 1. The lowest BCUT2D eigenvalue weighted by Gasteiger charge is -2.02. The topological polar surface area (TPSA) is 67.9 Å². The van der Waals surface area contributed by atoms with Gasteiger partial charge in [0.2, 0.25) is 5.16 Å². The van der Waals surface area contributed by atoms with Crippen molar-refractivity contribution in [3.05, 3.63) is 5.82 Å². The van der Waals surface area contributed by atoms with Crippen LogP contribution in [0, 0.1) is 0 Å². The van der Waals surface area contributed by atoms with Crippen molar-refractivity contribution in [1.82, 2.24) is 15.2 Å². The van der Waals surface area contributed by atoms with E-state index in [9.17, 15) is 4.79 Å². The summed E-state index contributed by atoms with van der Waals surface area (Å²) >= 11 is 1.31. The van der Waals surface area contributed by atoms with Crippen LogP contribution in [0.25, 0.3) is 0 Å². The highest BCUT2D eigenvalue weighted by Crippen LogP contribution is 2.15. The number of hydrogen-bond donors (Lipinski definition) is 1. The van der Waals surface area contributed by atoms with Gasteiger partial charge in [-0.1, -0.05) is 95.7 Å². The molecule has 0 aromatic carbocycles. The number of carbonyl (C=O) groups is 1. The van der Waals surface area contributed by atoms with Gasteiger partial charge in [0.15, 0.2) is 0 Å². The summed E-state index contributed by atoms with van der Waals surface area (Å²) < 4.78 is 4.61. The number of esters is 1. The fourth-order valence-electron chi connectivity index (χ4n) is 2.95. The van der Waals surface area contributed by atoms with E-state index in [2.05, 4.69) is 26.8 Å². The van der Waals surface area contributed by atoms with Gasteiger partial charge in [0.25, 0.3) is 0 Å². The minimum Gasteiger partial charge on any atom is -0.468 e. The molecule has 0 bridgehead atoms. The molecule has 6 heteroatoms. The summed E-state index contributed by atoms with van der Waals surface area (Å²) in [6.45, 7) is 2.27. The number of unbranched alkanes of at least 4 members (excludes halogenated alkanes) is 12. The summed E-state index contributed by atoms with van der Waals surface area (Å²) in [5, 5.41) is 7.70. The van der Waals surface area contributed by atoms with Crippen molar-refractivity contribution < 1.29 is 9.53 Å². The van der Waals surface area contributed by atoms with Gasteiger partial charge >= 0.3 is 5.97 Å². The largest absolute Gasteiger partial charge is 0.468 e. The van der Waals surface area contributed by atoms with Crippen LogP contribution in [-0.2, 0) is 16.0 Å². The standard InChI is InChI=1S/C20H37N3O2S/c1-3-4-5-6-7-8-9-10-11-12-13-14-15-16-18-21-20(23-22-18)26-17-19(24)25-2/h3-17H2,1-2H3,(H,21,22,23). The van der Waals surface area contributed by atoms with E-state index in [0.29, 0.717) is 5.16 Å². The van der Waals surface area contributed by atoms with Crippen LogP contribution in [0.5, 0.6) is 0 Å². The number of hydrogen-bond acceptors (Lipinski definition) is 5. The molecule has 0 spiro atoms. The van der Waals surface area contributed by atoms with Gasteiger partial charge in [0.05, 0.1) is 12.9 Å². The average molecular weight is 384 g/mol. The zero-order valence-corrected chi connectivity index (χ0v) is 17.5. The SMILES string of the molecule is CCCCCCCCCCCCCCCc1nc(SCC(=O)OC)n[nH]1. The highest BCUT2D eigenvalue weighted by molar-refractivity contribution is 7.99. The van der Waals surface area contributed by atoms with E-state index in [-0.39, 0.29) is 11.7 Å². The van der Waals surface area contributed by atoms with Gasteiger partial charge in [-0.15, -0.1) is 5.10 Å². The molecule has 0 saturated heterocycles. The van der Waals surface area contributed by atoms with Crippen molar-refractivity contribution >= 4 is 17.7 Å². The van der Waals surface area contributed by atoms with Crippen LogP contribution in [0.15, 0.2) is 5.16 Å². The van der Waals surface area contributed by atoms with Crippen LogP contribution in [0.2, 0.25) is 0 Å².